The van der Waals surface area contributed by atoms with Crippen molar-refractivity contribution in [2.45, 2.75) is 38.6 Å². The number of hydrogen-bond acceptors (Lipinski definition) is 7. The molecule has 1 saturated heterocycles. The van der Waals surface area contributed by atoms with E-state index >= 15 is 0 Å². The number of nitrogens with zero attached hydrogens (tertiary/aromatic N) is 5. The molecule has 0 aliphatic carbocycles. The first-order valence-electron chi connectivity index (χ1n) is 10.9. The number of rotatable bonds is 8. The van der Waals surface area contributed by atoms with Crippen molar-refractivity contribution in [1.29, 1.82) is 0 Å². The highest BCUT2D eigenvalue weighted by molar-refractivity contribution is 5.55. The summed E-state index contributed by atoms with van der Waals surface area (Å²) in [5, 5.41) is 3.33. The molecule has 3 aromatic heterocycles. The van der Waals surface area contributed by atoms with E-state index in [2.05, 4.69) is 37.3 Å². The van der Waals surface area contributed by atoms with Gasteiger partial charge in [-0.3, -0.25) is 9.88 Å². The normalized spacial score (nSPS) is 16.9. The first-order valence-corrected chi connectivity index (χ1v) is 10.9. The van der Waals surface area contributed by atoms with Crippen molar-refractivity contribution in [2.75, 3.05) is 32.1 Å². The number of likely N-dealkylation sites (tertiary alicyclic amines) is 1. The van der Waals surface area contributed by atoms with E-state index < -0.39 is 0 Å². The molecular formula is C24H30N6O. The molecule has 3 aromatic rings. The van der Waals surface area contributed by atoms with Crippen molar-refractivity contribution < 1.29 is 4.74 Å². The summed E-state index contributed by atoms with van der Waals surface area (Å²) in [7, 11) is 1.70. The Morgan fingerprint density at radius 3 is 2.71 bits per heavy atom. The van der Waals surface area contributed by atoms with Gasteiger partial charge in [-0.1, -0.05) is 6.07 Å². The maximum Gasteiger partial charge on any atom is 0.130 e. The summed E-state index contributed by atoms with van der Waals surface area (Å²) in [6, 6.07) is 10.2. The molecule has 7 heteroatoms. The predicted molar refractivity (Wildman–Crippen MR) is 121 cm³/mol. The highest BCUT2D eigenvalue weighted by Crippen LogP contribution is 2.27. The van der Waals surface area contributed by atoms with E-state index in [1.54, 1.807) is 7.11 Å². The third kappa shape index (κ3) is 6.06. The van der Waals surface area contributed by atoms with Gasteiger partial charge < -0.3 is 10.1 Å². The lowest BCUT2D eigenvalue weighted by Gasteiger charge is -2.32. The van der Waals surface area contributed by atoms with Gasteiger partial charge in [0.1, 0.15) is 11.6 Å². The Morgan fingerprint density at radius 2 is 1.97 bits per heavy atom. The van der Waals surface area contributed by atoms with Crippen LogP contribution in [0, 0.1) is 6.92 Å². The van der Waals surface area contributed by atoms with E-state index in [9.17, 15) is 0 Å². The number of ether oxygens (including phenoxy) is 1. The Hall–Kier alpha value is -2.90. The van der Waals surface area contributed by atoms with Crippen LogP contribution in [-0.4, -0.2) is 51.6 Å². The zero-order chi connectivity index (χ0) is 21.5. The third-order valence-electron chi connectivity index (χ3n) is 5.57. The smallest absolute Gasteiger partial charge is 0.130 e. The van der Waals surface area contributed by atoms with Crippen LogP contribution < -0.4 is 5.32 Å². The molecule has 0 radical (unpaired) electrons. The van der Waals surface area contributed by atoms with Crippen molar-refractivity contribution in [3.8, 4) is 0 Å². The average molecular weight is 419 g/mol. The van der Waals surface area contributed by atoms with Crippen molar-refractivity contribution in [3.63, 3.8) is 0 Å². The van der Waals surface area contributed by atoms with Crippen LogP contribution in [0.2, 0.25) is 0 Å². The molecule has 7 nitrogen and oxygen atoms in total. The highest BCUT2D eigenvalue weighted by atomic mass is 16.5. The first-order chi connectivity index (χ1) is 15.2. The molecule has 0 unspecified atom stereocenters. The second-order valence-electron chi connectivity index (χ2n) is 8.09. The van der Waals surface area contributed by atoms with Gasteiger partial charge in [0.15, 0.2) is 0 Å². The molecular weight excluding hydrogens is 388 g/mol. The molecule has 0 spiro atoms. The van der Waals surface area contributed by atoms with Crippen LogP contribution in [0.1, 0.15) is 41.5 Å². The molecule has 4 rings (SSSR count). The predicted octanol–water partition coefficient (Wildman–Crippen LogP) is 3.89. The number of aryl methyl sites for hydroxylation is 1. The van der Waals surface area contributed by atoms with E-state index in [-0.39, 0.29) is 0 Å². The molecule has 0 amide bonds. The van der Waals surface area contributed by atoms with E-state index in [0.29, 0.717) is 12.5 Å². The van der Waals surface area contributed by atoms with Gasteiger partial charge in [-0.15, -0.1) is 0 Å². The summed E-state index contributed by atoms with van der Waals surface area (Å²) in [4.78, 5) is 20.6. The molecule has 0 aromatic carbocycles. The zero-order valence-corrected chi connectivity index (χ0v) is 18.3. The summed E-state index contributed by atoms with van der Waals surface area (Å²) < 4.78 is 5.09. The van der Waals surface area contributed by atoms with Crippen molar-refractivity contribution in [1.82, 2.24) is 24.8 Å². The SMILES string of the molecule is COCCc1ncc(CN2CCC[C@@H](c3ccc(Nc4cccc(C)n4)cn3)C2)cn1. The first kappa shape index (κ1) is 21.3. The van der Waals surface area contributed by atoms with Crippen LogP contribution in [0.15, 0.2) is 48.9 Å². The standard InChI is InChI=1S/C24H30N6O/c1-18-5-3-7-24(28-18)29-21-8-9-22(25-15-21)20-6-4-11-30(17-20)16-19-13-26-23(27-14-19)10-12-31-2/h3,5,7-9,13-15,20H,4,6,10-12,16-17H2,1-2H3,(H,28,29)/t20-/m1/s1. The third-order valence-corrected chi connectivity index (χ3v) is 5.57. The molecule has 1 N–H and O–H groups in total. The fourth-order valence-corrected chi connectivity index (χ4v) is 3.97. The van der Waals surface area contributed by atoms with Gasteiger partial charge in [0.2, 0.25) is 0 Å². The monoisotopic (exact) mass is 418 g/mol. The quantitative estimate of drug-likeness (QED) is 0.595. The Labute approximate surface area is 183 Å². The van der Waals surface area contributed by atoms with Gasteiger partial charge in [0, 0.05) is 61.9 Å². The fraction of sp³-hybridized carbons (Fsp3) is 0.417. The van der Waals surface area contributed by atoms with E-state index in [1.165, 1.54) is 12.8 Å². The summed E-state index contributed by atoms with van der Waals surface area (Å²) >= 11 is 0. The van der Waals surface area contributed by atoms with Gasteiger partial charge >= 0.3 is 0 Å². The fourth-order valence-electron chi connectivity index (χ4n) is 3.97. The number of pyridine rings is 2. The highest BCUT2D eigenvalue weighted by Gasteiger charge is 2.22. The van der Waals surface area contributed by atoms with Crippen LogP contribution in [0.4, 0.5) is 11.5 Å². The Bertz CT molecular complexity index is 961. The van der Waals surface area contributed by atoms with Crippen molar-refractivity contribution in [2.24, 2.45) is 0 Å². The Balaban J connectivity index is 1.33. The molecule has 1 atom stereocenters. The summed E-state index contributed by atoms with van der Waals surface area (Å²) in [6.45, 7) is 5.62. The molecule has 31 heavy (non-hydrogen) atoms. The number of nitrogens with one attached hydrogen (secondary N) is 1. The molecule has 0 bridgehead atoms. The molecule has 0 saturated carbocycles. The van der Waals surface area contributed by atoms with Gasteiger partial charge in [-0.2, -0.15) is 0 Å². The molecule has 162 valence electrons. The van der Waals surface area contributed by atoms with Gasteiger partial charge in [0.25, 0.3) is 0 Å². The zero-order valence-electron chi connectivity index (χ0n) is 18.3. The molecule has 1 aliphatic heterocycles. The maximum atomic E-state index is 5.09. The second kappa shape index (κ2) is 10.4. The lowest BCUT2D eigenvalue weighted by molar-refractivity contribution is 0.197. The number of hydrogen-bond donors (Lipinski definition) is 1. The molecule has 4 heterocycles. The van der Waals surface area contributed by atoms with Gasteiger partial charge in [-0.05, 0) is 50.6 Å². The minimum absolute atomic E-state index is 0.446. The minimum atomic E-state index is 0.446. The number of anilines is 2. The van der Waals surface area contributed by atoms with Crippen LogP contribution in [0.25, 0.3) is 0 Å². The summed E-state index contributed by atoms with van der Waals surface area (Å²) in [5.74, 6) is 2.12. The van der Waals surface area contributed by atoms with Gasteiger partial charge in [0.05, 0.1) is 18.5 Å². The number of piperidine rings is 1. The minimum Gasteiger partial charge on any atom is -0.384 e. The van der Waals surface area contributed by atoms with Crippen LogP contribution in [0.3, 0.4) is 0 Å². The maximum absolute atomic E-state index is 5.09. The molecule has 1 fully saturated rings. The largest absolute Gasteiger partial charge is 0.384 e. The number of methoxy groups -OCH3 is 1. The summed E-state index contributed by atoms with van der Waals surface area (Å²) in [6.07, 6.45) is 8.89. The van der Waals surface area contributed by atoms with E-state index in [1.807, 2.05) is 43.7 Å². The second-order valence-corrected chi connectivity index (χ2v) is 8.09. The summed E-state index contributed by atoms with van der Waals surface area (Å²) in [5.41, 5.74) is 4.26. The van der Waals surface area contributed by atoms with Crippen LogP contribution in [0.5, 0.6) is 0 Å². The van der Waals surface area contributed by atoms with Crippen molar-refractivity contribution >= 4 is 11.5 Å². The lowest BCUT2D eigenvalue weighted by atomic mass is 9.94. The topological polar surface area (TPSA) is 76.1 Å². The van der Waals surface area contributed by atoms with Crippen LogP contribution >= 0.6 is 0 Å². The Kier molecular flexibility index (Phi) is 7.17. The average Bonchev–Trinajstić information content (AvgIpc) is 2.79. The number of aromatic nitrogens is 4. The Morgan fingerprint density at radius 1 is 1.10 bits per heavy atom. The van der Waals surface area contributed by atoms with Gasteiger partial charge in [-0.25, -0.2) is 15.0 Å². The molecule has 1 aliphatic rings. The van der Waals surface area contributed by atoms with E-state index in [4.69, 9.17) is 9.72 Å². The van der Waals surface area contributed by atoms with Crippen LogP contribution in [-0.2, 0) is 17.7 Å². The van der Waals surface area contributed by atoms with E-state index in [0.717, 1.165) is 60.3 Å². The lowest BCUT2D eigenvalue weighted by Crippen LogP contribution is -2.34. The van der Waals surface area contributed by atoms with Crippen molar-refractivity contribution in [3.05, 3.63) is 71.7 Å².